The van der Waals surface area contributed by atoms with Crippen LogP contribution in [0.1, 0.15) is 27.7 Å². The van der Waals surface area contributed by atoms with Crippen molar-refractivity contribution >= 4 is 17.2 Å². The fourth-order valence-electron chi connectivity index (χ4n) is 2.54. The van der Waals surface area contributed by atoms with Crippen LogP contribution in [0.15, 0.2) is 30.3 Å². The predicted molar refractivity (Wildman–Crippen MR) is 83.1 cm³/mol. The van der Waals surface area contributed by atoms with Crippen LogP contribution in [0.2, 0.25) is 0 Å². The molecule has 0 bridgehead atoms. The molecule has 1 aliphatic carbocycles. The van der Waals surface area contributed by atoms with Crippen LogP contribution >= 0.6 is 11.3 Å². The normalized spacial score (nSPS) is 14.3. The molecule has 4 heteroatoms. The van der Waals surface area contributed by atoms with Gasteiger partial charge in [-0.1, -0.05) is 24.3 Å². The molecule has 1 aliphatic rings. The zero-order valence-corrected chi connectivity index (χ0v) is 12.3. The van der Waals surface area contributed by atoms with Crippen molar-refractivity contribution < 1.29 is 4.79 Å². The van der Waals surface area contributed by atoms with Crippen molar-refractivity contribution in [3.8, 4) is 10.4 Å². The Morgan fingerprint density at radius 1 is 1.35 bits per heavy atom. The first-order valence-corrected chi connectivity index (χ1v) is 7.72. The summed E-state index contributed by atoms with van der Waals surface area (Å²) in [6.07, 6.45) is 2.07. The smallest absolute Gasteiger partial charge is 0.261 e. The summed E-state index contributed by atoms with van der Waals surface area (Å²) in [5, 5.41) is 2.93. The number of hydrogen-bond acceptors (Lipinski definition) is 3. The highest BCUT2D eigenvalue weighted by Crippen LogP contribution is 2.39. The van der Waals surface area contributed by atoms with Crippen molar-refractivity contribution in [2.24, 2.45) is 5.73 Å². The van der Waals surface area contributed by atoms with E-state index in [1.165, 1.54) is 21.6 Å². The lowest BCUT2D eigenvalue weighted by atomic mass is 9.91. The number of nitrogens with one attached hydrogen (secondary N) is 1. The molecule has 2 aromatic rings. The number of carbonyl (C=O) groups is 1. The second-order valence-electron chi connectivity index (χ2n) is 5.23. The standard InChI is InChI=1S/C16H18N2OS/c1-10(9-17)18-16(19)14-8-12-7-6-11-4-2-3-5-13(11)15(12)20-14/h2-5,8,10H,6-7,9,17H2,1H3,(H,18,19)/t10-/m0/s1. The number of benzene rings is 1. The maximum atomic E-state index is 12.2. The molecule has 1 heterocycles. The zero-order valence-electron chi connectivity index (χ0n) is 11.5. The molecule has 1 aromatic heterocycles. The summed E-state index contributed by atoms with van der Waals surface area (Å²) >= 11 is 1.59. The van der Waals surface area contributed by atoms with E-state index >= 15 is 0 Å². The second kappa shape index (κ2) is 5.38. The van der Waals surface area contributed by atoms with Gasteiger partial charge < -0.3 is 11.1 Å². The molecule has 3 rings (SSSR count). The predicted octanol–water partition coefficient (Wildman–Crippen LogP) is 2.59. The van der Waals surface area contributed by atoms with Crippen LogP contribution in [-0.4, -0.2) is 18.5 Å². The first-order chi connectivity index (χ1) is 9.69. The van der Waals surface area contributed by atoms with Gasteiger partial charge in [0.05, 0.1) is 4.88 Å². The number of thiophene rings is 1. The molecule has 3 N–H and O–H groups in total. The lowest BCUT2D eigenvalue weighted by Gasteiger charge is -2.15. The Morgan fingerprint density at radius 2 is 2.10 bits per heavy atom. The maximum absolute atomic E-state index is 12.2. The van der Waals surface area contributed by atoms with Crippen molar-refractivity contribution in [1.29, 1.82) is 0 Å². The molecule has 0 aliphatic heterocycles. The molecule has 0 unspecified atom stereocenters. The lowest BCUT2D eigenvalue weighted by molar-refractivity contribution is 0.0945. The highest BCUT2D eigenvalue weighted by atomic mass is 32.1. The van der Waals surface area contributed by atoms with E-state index in [9.17, 15) is 4.79 Å². The van der Waals surface area contributed by atoms with Gasteiger partial charge in [0.2, 0.25) is 0 Å². The van der Waals surface area contributed by atoms with Crippen LogP contribution in [0.4, 0.5) is 0 Å². The third-order valence-electron chi connectivity index (χ3n) is 3.69. The third-order valence-corrected chi connectivity index (χ3v) is 4.90. The van der Waals surface area contributed by atoms with E-state index in [2.05, 4.69) is 29.6 Å². The van der Waals surface area contributed by atoms with Crippen LogP contribution in [0.25, 0.3) is 10.4 Å². The van der Waals surface area contributed by atoms with E-state index in [0.717, 1.165) is 17.7 Å². The minimum Gasteiger partial charge on any atom is -0.348 e. The van der Waals surface area contributed by atoms with Gasteiger partial charge in [-0.15, -0.1) is 11.3 Å². The van der Waals surface area contributed by atoms with Crippen LogP contribution in [0, 0.1) is 0 Å². The van der Waals surface area contributed by atoms with Crippen molar-refractivity contribution in [2.45, 2.75) is 25.8 Å². The summed E-state index contributed by atoms with van der Waals surface area (Å²) in [5.41, 5.74) is 9.50. The molecule has 20 heavy (non-hydrogen) atoms. The summed E-state index contributed by atoms with van der Waals surface area (Å²) in [6, 6.07) is 10.5. The minimum absolute atomic E-state index is 0.00825. The van der Waals surface area contributed by atoms with Gasteiger partial charge in [0.1, 0.15) is 0 Å². The van der Waals surface area contributed by atoms with E-state index in [1.807, 2.05) is 13.0 Å². The molecule has 0 spiro atoms. The first kappa shape index (κ1) is 13.3. The van der Waals surface area contributed by atoms with E-state index in [1.54, 1.807) is 11.3 Å². The summed E-state index contributed by atoms with van der Waals surface area (Å²) in [5.74, 6) is -0.0140. The van der Waals surface area contributed by atoms with Gasteiger partial charge in [-0.3, -0.25) is 4.79 Å². The molecule has 1 atom stereocenters. The van der Waals surface area contributed by atoms with E-state index < -0.39 is 0 Å². The van der Waals surface area contributed by atoms with Gasteiger partial charge in [0.15, 0.2) is 0 Å². The number of rotatable bonds is 3. The SMILES string of the molecule is C[C@@H](CN)NC(=O)c1cc2c(s1)-c1ccccc1CC2. The number of aryl methyl sites for hydroxylation is 2. The molecule has 1 aromatic carbocycles. The summed E-state index contributed by atoms with van der Waals surface area (Å²) in [6.45, 7) is 2.38. The third kappa shape index (κ3) is 2.37. The fraction of sp³-hybridized carbons (Fsp3) is 0.312. The van der Waals surface area contributed by atoms with Gasteiger partial charge in [0.25, 0.3) is 5.91 Å². The van der Waals surface area contributed by atoms with Crippen molar-refractivity contribution in [1.82, 2.24) is 5.32 Å². The van der Waals surface area contributed by atoms with Gasteiger partial charge >= 0.3 is 0 Å². The Morgan fingerprint density at radius 3 is 2.90 bits per heavy atom. The average molecular weight is 286 g/mol. The topological polar surface area (TPSA) is 55.1 Å². The van der Waals surface area contributed by atoms with Crippen LogP contribution < -0.4 is 11.1 Å². The van der Waals surface area contributed by atoms with E-state index in [4.69, 9.17) is 5.73 Å². The molecule has 3 nitrogen and oxygen atoms in total. The Balaban J connectivity index is 1.92. The molecule has 0 radical (unpaired) electrons. The number of nitrogens with two attached hydrogens (primary N) is 1. The summed E-state index contributed by atoms with van der Waals surface area (Å²) < 4.78 is 0. The highest BCUT2D eigenvalue weighted by molar-refractivity contribution is 7.17. The van der Waals surface area contributed by atoms with E-state index in [0.29, 0.717) is 6.54 Å². The molecule has 0 fully saturated rings. The molecule has 0 saturated heterocycles. The maximum Gasteiger partial charge on any atom is 0.261 e. The first-order valence-electron chi connectivity index (χ1n) is 6.91. The van der Waals surface area contributed by atoms with Gasteiger partial charge in [0, 0.05) is 17.5 Å². The summed E-state index contributed by atoms with van der Waals surface area (Å²) in [7, 11) is 0. The quantitative estimate of drug-likeness (QED) is 0.911. The number of carbonyl (C=O) groups excluding carboxylic acids is 1. The fourth-order valence-corrected chi connectivity index (χ4v) is 3.71. The second-order valence-corrected chi connectivity index (χ2v) is 6.28. The Kier molecular flexibility index (Phi) is 3.59. The van der Waals surface area contributed by atoms with Crippen molar-refractivity contribution in [2.75, 3.05) is 6.54 Å². The van der Waals surface area contributed by atoms with Crippen LogP contribution in [0.5, 0.6) is 0 Å². The Hall–Kier alpha value is -1.65. The van der Waals surface area contributed by atoms with Crippen molar-refractivity contribution in [3.05, 3.63) is 46.3 Å². The molecule has 1 amide bonds. The lowest BCUT2D eigenvalue weighted by Crippen LogP contribution is -2.37. The van der Waals surface area contributed by atoms with Crippen LogP contribution in [0.3, 0.4) is 0 Å². The van der Waals surface area contributed by atoms with Gasteiger partial charge in [-0.2, -0.15) is 0 Å². The Labute approximate surface area is 122 Å². The molecule has 0 saturated carbocycles. The minimum atomic E-state index is -0.0140. The largest absolute Gasteiger partial charge is 0.348 e. The number of fused-ring (bicyclic) bond motifs is 3. The van der Waals surface area contributed by atoms with E-state index in [-0.39, 0.29) is 11.9 Å². The molecular weight excluding hydrogens is 268 g/mol. The van der Waals surface area contributed by atoms with Crippen LogP contribution in [-0.2, 0) is 12.8 Å². The molecular formula is C16H18N2OS. The Bertz CT molecular complexity index is 648. The average Bonchev–Trinajstić information content (AvgIpc) is 2.91. The summed E-state index contributed by atoms with van der Waals surface area (Å²) in [4.78, 5) is 14.2. The van der Waals surface area contributed by atoms with Gasteiger partial charge in [-0.05, 0) is 42.5 Å². The number of hydrogen-bond donors (Lipinski definition) is 2. The zero-order chi connectivity index (χ0) is 14.1. The van der Waals surface area contributed by atoms with Gasteiger partial charge in [-0.25, -0.2) is 0 Å². The highest BCUT2D eigenvalue weighted by Gasteiger charge is 2.21. The van der Waals surface area contributed by atoms with Crippen molar-refractivity contribution in [3.63, 3.8) is 0 Å². The molecule has 104 valence electrons. The monoisotopic (exact) mass is 286 g/mol. The number of amides is 1.